The molecule has 0 amide bonds. The summed E-state index contributed by atoms with van der Waals surface area (Å²) in [5.41, 5.74) is 0. The Morgan fingerprint density at radius 2 is 1.93 bits per heavy atom. The molecular formula is C11H22F2N2. The van der Waals surface area contributed by atoms with E-state index >= 15 is 0 Å². The van der Waals surface area contributed by atoms with Crippen LogP contribution >= 0.6 is 0 Å². The van der Waals surface area contributed by atoms with Crippen LogP contribution in [0.1, 0.15) is 33.1 Å². The Hall–Kier alpha value is -0.220. The standard InChI is InChI=1S/C11H22F2N2/c1-3-9(2)14-10-4-6-15(7-5-10)8-11(12)13/h9-11,14H,3-8H2,1-2H3. The van der Waals surface area contributed by atoms with Gasteiger partial charge in [0.2, 0.25) is 0 Å². The molecule has 0 aromatic rings. The Morgan fingerprint density at radius 3 is 2.40 bits per heavy atom. The number of piperidine rings is 1. The molecule has 1 N–H and O–H groups in total. The first kappa shape index (κ1) is 12.8. The molecule has 90 valence electrons. The van der Waals surface area contributed by atoms with Gasteiger partial charge in [0.25, 0.3) is 6.43 Å². The lowest BCUT2D eigenvalue weighted by molar-refractivity contribution is 0.0722. The van der Waals surface area contributed by atoms with Crippen LogP contribution in [0, 0.1) is 0 Å². The summed E-state index contributed by atoms with van der Waals surface area (Å²) in [6.07, 6.45) is 0.926. The van der Waals surface area contributed by atoms with Crippen LogP contribution in [0.5, 0.6) is 0 Å². The lowest BCUT2D eigenvalue weighted by Gasteiger charge is -2.33. The summed E-state index contributed by atoms with van der Waals surface area (Å²) in [6.45, 7) is 5.88. The van der Waals surface area contributed by atoms with Crippen LogP contribution in [0.4, 0.5) is 8.78 Å². The van der Waals surface area contributed by atoms with Crippen molar-refractivity contribution >= 4 is 0 Å². The van der Waals surface area contributed by atoms with E-state index in [1.807, 2.05) is 4.90 Å². The number of likely N-dealkylation sites (tertiary alicyclic amines) is 1. The summed E-state index contributed by atoms with van der Waals surface area (Å²) in [7, 11) is 0. The third-order valence-corrected chi connectivity index (χ3v) is 3.12. The van der Waals surface area contributed by atoms with Crippen LogP contribution in [0.3, 0.4) is 0 Å². The van der Waals surface area contributed by atoms with Crippen LogP contribution in [-0.4, -0.2) is 43.0 Å². The zero-order valence-electron chi connectivity index (χ0n) is 9.68. The van der Waals surface area contributed by atoms with Crippen LogP contribution in [0.25, 0.3) is 0 Å². The van der Waals surface area contributed by atoms with E-state index in [0.29, 0.717) is 12.1 Å². The van der Waals surface area contributed by atoms with Gasteiger partial charge in [-0.25, -0.2) is 8.78 Å². The van der Waals surface area contributed by atoms with Gasteiger partial charge in [0.15, 0.2) is 0 Å². The minimum absolute atomic E-state index is 0.0595. The Kier molecular flexibility index (Phi) is 5.47. The predicted molar refractivity (Wildman–Crippen MR) is 58.4 cm³/mol. The fraction of sp³-hybridized carbons (Fsp3) is 1.00. The first-order valence-corrected chi connectivity index (χ1v) is 5.88. The van der Waals surface area contributed by atoms with E-state index < -0.39 is 6.43 Å². The van der Waals surface area contributed by atoms with Gasteiger partial charge in [-0.1, -0.05) is 6.92 Å². The number of nitrogens with one attached hydrogen (secondary N) is 1. The zero-order chi connectivity index (χ0) is 11.3. The van der Waals surface area contributed by atoms with Gasteiger partial charge in [0, 0.05) is 12.1 Å². The Bertz CT molecular complexity index is 168. The van der Waals surface area contributed by atoms with Crippen molar-refractivity contribution in [3.05, 3.63) is 0 Å². The summed E-state index contributed by atoms with van der Waals surface area (Å²) >= 11 is 0. The number of halogens is 2. The molecule has 1 unspecified atom stereocenters. The molecule has 0 saturated carbocycles. The molecule has 0 aliphatic carbocycles. The van der Waals surface area contributed by atoms with Gasteiger partial charge in [0.05, 0.1) is 6.54 Å². The average Bonchev–Trinajstić information content (AvgIpc) is 2.20. The number of alkyl halides is 2. The highest BCUT2D eigenvalue weighted by Gasteiger charge is 2.21. The smallest absolute Gasteiger partial charge is 0.251 e. The molecule has 4 heteroatoms. The van der Waals surface area contributed by atoms with Crippen molar-refractivity contribution in [3.63, 3.8) is 0 Å². The largest absolute Gasteiger partial charge is 0.311 e. The van der Waals surface area contributed by atoms with E-state index in [2.05, 4.69) is 19.2 Å². The lowest BCUT2D eigenvalue weighted by atomic mass is 10.0. The summed E-state index contributed by atoms with van der Waals surface area (Å²) < 4.78 is 24.2. The molecule has 1 heterocycles. The zero-order valence-corrected chi connectivity index (χ0v) is 9.68. The van der Waals surface area contributed by atoms with Gasteiger partial charge in [0.1, 0.15) is 0 Å². The highest BCUT2D eigenvalue weighted by molar-refractivity contribution is 4.79. The maximum absolute atomic E-state index is 12.1. The minimum atomic E-state index is -2.19. The Labute approximate surface area is 91.0 Å². The molecule has 1 fully saturated rings. The molecular weight excluding hydrogens is 198 g/mol. The van der Waals surface area contributed by atoms with Gasteiger partial charge < -0.3 is 5.32 Å². The van der Waals surface area contributed by atoms with Gasteiger partial charge in [-0.15, -0.1) is 0 Å². The van der Waals surface area contributed by atoms with Crippen LogP contribution in [-0.2, 0) is 0 Å². The van der Waals surface area contributed by atoms with E-state index in [-0.39, 0.29) is 6.54 Å². The SMILES string of the molecule is CCC(C)NC1CCN(CC(F)F)CC1. The third-order valence-electron chi connectivity index (χ3n) is 3.12. The van der Waals surface area contributed by atoms with Gasteiger partial charge in [-0.2, -0.15) is 0 Å². The van der Waals surface area contributed by atoms with E-state index in [4.69, 9.17) is 0 Å². The van der Waals surface area contributed by atoms with Crippen molar-refractivity contribution < 1.29 is 8.78 Å². The fourth-order valence-corrected chi connectivity index (χ4v) is 2.00. The van der Waals surface area contributed by atoms with Gasteiger partial charge in [-0.05, 0) is 39.3 Å². The van der Waals surface area contributed by atoms with Crippen molar-refractivity contribution in [1.29, 1.82) is 0 Å². The first-order chi connectivity index (χ1) is 7.11. The molecule has 1 aliphatic heterocycles. The summed E-state index contributed by atoms with van der Waals surface area (Å²) in [6, 6.07) is 1.06. The van der Waals surface area contributed by atoms with Crippen molar-refractivity contribution in [2.75, 3.05) is 19.6 Å². The van der Waals surface area contributed by atoms with E-state index in [0.717, 1.165) is 32.4 Å². The molecule has 0 bridgehead atoms. The lowest BCUT2D eigenvalue weighted by Crippen LogP contribution is -2.46. The molecule has 2 nitrogen and oxygen atoms in total. The van der Waals surface area contributed by atoms with Crippen molar-refractivity contribution in [1.82, 2.24) is 10.2 Å². The number of nitrogens with zero attached hydrogens (tertiary/aromatic N) is 1. The van der Waals surface area contributed by atoms with Gasteiger partial charge in [-0.3, -0.25) is 4.90 Å². The summed E-state index contributed by atoms with van der Waals surface area (Å²) in [4.78, 5) is 1.86. The fourth-order valence-electron chi connectivity index (χ4n) is 2.00. The maximum Gasteiger partial charge on any atom is 0.251 e. The predicted octanol–water partition coefficient (Wildman–Crippen LogP) is 2.10. The first-order valence-electron chi connectivity index (χ1n) is 5.88. The second-order valence-electron chi connectivity index (χ2n) is 4.44. The highest BCUT2D eigenvalue weighted by atomic mass is 19.3. The molecule has 0 spiro atoms. The molecule has 0 radical (unpaired) electrons. The molecule has 1 atom stereocenters. The summed E-state index contributed by atoms with van der Waals surface area (Å²) in [5, 5.41) is 3.53. The highest BCUT2D eigenvalue weighted by Crippen LogP contribution is 2.12. The van der Waals surface area contributed by atoms with Crippen LogP contribution < -0.4 is 5.32 Å². The molecule has 1 aliphatic rings. The van der Waals surface area contributed by atoms with Crippen molar-refractivity contribution in [2.45, 2.75) is 51.6 Å². The van der Waals surface area contributed by atoms with Crippen molar-refractivity contribution in [2.24, 2.45) is 0 Å². The Morgan fingerprint density at radius 1 is 1.33 bits per heavy atom. The number of hydrogen-bond donors (Lipinski definition) is 1. The summed E-state index contributed by atoms with van der Waals surface area (Å²) in [5.74, 6) is 0. The van der Waals surface area contributed by atoms with Gasteiger partial charge >= 0.3 is 0 Å². The normalized spacial score (nSPS) is 22.2. The second kappa shape index (κ2) is 6.38. The topological polar surface area (TPSA) is 15.3 Å². The molecule has 1 saturated heterocycles. The third kappa shape index (κ3) is 4.89. The maximum atomic E-state index is 12.1. The number of rotatable bonds is 5. The van der Waals surface area contributed by atoms with E-state index in [9.17, 15) is 8.78 Å². The van der Waals surface area contributed by atoms with Crippen LogP contribution in [0.15, 0.2) is 0 Å². The monoisotopic (exact) mass is 220 g/mol. The van der Waals surface area contributed by atoms with Crippen molar-refractivity contribution in [3.8, 4) is 0 Å². The van der Waals surface area contributed by atoms with E-state index in [1.54, 1.807) is 0 Å². The number of hydrogen-bond acceptors (Lipinski definition) is 2. The molecule has 15 heavy (non-hydrogen) atoms. The van der Waals surface area contributed by atoms with Crippen LogP contribution in [0.2, 0.25) is 0 Å². The van der Waals surface area contributed by atoms with E-state index in [1.165, 1.54) is 0 Å². The minimum Gasteiger partial charge on any atom is -0.311 e. The molecule has 0 aromatic carbocycles. The Balaban J connectivity index is 2.18. The average molecular weight is 220 g/mol. The quantitative estimate of drug-likeness (QED) is 0.763. The molecule has 1 rings (SSSR count). The molecule has 0 aromatic heterocycles. The second-order valence-corrected chi connectivity index (χ2v) is 4.44.